The van der Waals surface area contributed by atoms with Crippen LogP contribution in [0.5, 0.6) is 0 Å². The molecule has 5 heteroatoms. The van der Waals surface area contributed by atoms with Crippen LogP contribution in [0.25, 0.3) is 10.8 Å². The Kier molecular flexibility index (Phi) is 5.53. The highest BCUT2D eigenvalue weighted by Gasteiger charge is 2.18. The van der Waals surface area contributed by atoms with E-state index < -0.39 is 0 Å². The minimum atomic E-state index is 0.500. The molecule has 0 radical (unpaired) electrons. The van der Waals surface area contributed by atoms with Gasteiger partial charge in [-0.15, -0.1) is 11.3 Å². The van der Waals surface area contributed by atoms with Gasteiger partial charge >= 0.3 is 0 Å². The van der Waals surface area contributed by atoms with Crippen LogP contribution in [0.15, 0.2) is 51.7 Å². The minimum absolute atomic E-state index is 0.500. The molecule has 2 N–H and O–H groups in total. The molecule has 0 bridgehead atoms. The molecule has 22 heavy (non-hydrogen) atoms. The van der Waals surface area contributed by atoms with Crippen molar-refractivity contribution in [3.63, 3.8) is 0 Å². The molecule has 0 spiro atoms. The molecular formula is C17H20N2OS2. The summed E-state index contributed by atoms with van der Waals surface area (Å²) in [6.07, 6.45) is 10.1. The van der Waals surface area contributed by atoms with Gasteiger partial charge < -0.3 is 4.42 Å². The van der Waals surface area contributed by atoms with Crippen LogP contribution in [0.4, 0.5) is 0 Å². The summed E-state index contributed by atoms with van der Waals surface area (Å²) in [7, 11) is 0. The van der Waals surface area contributed by atoms with Crippen molar-refractivity contribution in [2.75, 3.05) is 0 Å². The molecular weight excluding hydrogens is 312 g/mol. The van der Waals surface area contributed by atoms with Crippen LogP contribution in [0.2, 0.25) is 0 Å². The molecule has 0 saturated heterocycles. The Morgan fingerprint density at radius 1 is 1.18 bits per heavy atom. The number of oxazole rings is 1. The van der Waals surface area contributed by atoms with Crippen molar-refractivity contribution in [2.24, 2.45) is 5.14 Å². The fourth-order valence-electron chi connectivity index (χ4n) is 2.96. The zero-order chi connectivity index (χ0) is 15.2. The summed E-state index contributed by atoms with van der Waals surface area (Å²) in [6, 6.07) is 8.83. The zero-order valence-electron chi connectivity index (χ0n) is 12.4. The number of rotatable bonds is 2. The monoisotopic (exact) mass is 332 g/mol. The maximum atomic E-state index is 5.05. The van der Waals surface area contributed by atoms with E-state index in [0.29, 0.717) is 5.22 Å². The van der Waals surface area contributed by atoms with Crippen molar-refractivity contribution < 1.29 is 4.42 Å². The largest absolute Gasteiger partial charge is 0.439 e. The smallest absolute Gasteiger partial charge is 0.270 e. The number of hydrogen-bond acceptors (Lipinski definition) is 5. The summed E-state index contributed by atoms with van der Waals surface area (Å²) >= 11 is 2.97. The van der Waals surface area contributed by atoms with Crippen molar-refractivity contribution in [1.29, 1.82) is 0 Å². The number of thiophene rings is 1. The van der Waals surface area contributed by atoms with E-state index in [9.17, 15) is 0 Å². The number of fused-ring (bicyclic) bond motifs is 1. The van der Waals surface area contributed by atoms with E-state index >= 15 is 0 Å². The van der Waals surface area contributed by atoms with Crippen LogP contribution >= 0.6 is 23.3 Å². The third-order valence-electron chi connectivity index (χ3n) is 4.03. The van der Waals surface area contributed by atoms with Crippen LogP contribution in [0.3, 0.4) is 0 Å². The second-order valence-electron chi connectivity index (χ2n) is 5.44. The van der Waals surface area contributed by atoms with Gasteiger partial charge in [0, 0.05) is 16.8 Å². The van der Waals surface area contributed by atoms with Gasteiger partial charge in [-0.25, -0.2) is 4.98 Å². The van der Waals surface area contributed by atoms with Crippen molar-refractivity contribution >= 4 is 34.1 Å². The van der Waals surface area contributed by atoms with E-state index in [0.717, 1.165) is 17.9 Å². The number of aromatic nitrogens is 1. The molecule has 1 fully saturated rings. The van der Waals surface area contributed by atoms with Gasteiger partial charge in [-0.3, -0.25) is 5.14 Å². The van der Waals surface area contributed by atoms with Crippen LogP contribution in [0, 0.1) is 0 Å². The van der Waals surface area contributed by atoms with Gasteiger partial charge in [0.2, 0.25) is 0 Å². The lowest BCUT2D eigenvalue weighted by Gasteiger charge is -2.20. The summed E-state index contributed by atoms with van der Waals surface area (Å²) < 4.78 is 4.71. The summed E-state index contributed by atoms with van der Waals surface area (Å²) in [5.41, 5.74) is 0. The zero-order valence-corrected chi connectivity index (χ0v) is 14.0. The molecule has 0 aliphatic heterocycles. The van der Waals surface area contributed by atoms with Gasteiger partial charge in [-0.05, 0) is 34.9 Å². The Morgan fingerprint density at radius 2 is 2.00 bits per heavy atom. The van der Waals surface area contributed by atoms with Gasteiger partial charge in [0.15, 0.2) is 0 Å². The first-order valence-electron chi connectivity index (χ1n) is 7.61. The number of hydrogen-bond donors (Lipinski definition) is 1. The lowest BCUT2D eigenvalue weighted by Crippen LogP contribution is -2.02. The van der Waals surface area contributed by atoms with Gasteiger partial charge in [-0.2, -0.15) is 0 Å². The van der Waals surface area contributed by atoms with E-state index in [-0.39, 0.29) is 0 Å². The lowest BCUT2D eigenvalue weighted by molar-refractivity contribution is 0.450. The van der Waals surface area contributed by atoms with Crippen molar-refractivity contribution in [3.8, 4) is 0 Å². The Labute approximate surface area is 139 Å². The summed E-state index contributed by atoms with van der Waals surface area (Å²) in [5.74, 6) is 0.851. The lowest BCUT2D eigenvalue weighted by atomic mass is 9.87. The van der Waals surface area contributed by atoms with Crippen molar-refractivity contribution in [2.45, 2.75) is 43.2 Å². The number of nitrogens with two attached hydrogens (primary N) is 1. The Morgan fingerprint density at radius 3 is 2.68 bits per heavy atom. The third-order valence-corrected chi connectivity index (χ3v) is 5.61. The maximum absolute atomic E-state index is 5.05. The average Bonchev–Trinajstić information content (AvgIpc) is 3.26. The van der Waals surface area contributed by atoms with Crippen LogP contribution < -0.4 is 5.14 Å². The minimum Gasteiger partial charge on any atom is -0.439 e. The molecule has 3 nitrogen and oxygen atoms in total. The van der Waals surface area contributed by atoms with Crippen LogP contribution in [-0.4, -0.2) is 4.98 Å². The molecule has 2 heterocycles. The van der Waals surface area contributed by atoms with Gasteiger partial charge in [-0.1, -0.05) is 43.5 Å². The van der Waals surface area contributed by atoms with E-state index in [4.69, 9.17) is 9.56 Å². The summed E-state index contributed by atoms with van der Waals surface area (Å²) in [4.78, 5) is 5.35. The maximum Gasteiger partial charge on any atom is 0.270 e. The molecule has 2 aromatic heterocycles. The molecule has 1 saturated carbocycles. The van der Waals surface area contributed by atoms with Crippen LogP contribution in [0.1, 0.15) is 42.9 Å². The molecule has 116 valence electrons. The molecule has 1 aromatic carbocycles. The molecule has 3 aromatic rings. The predicted octanol–water partition coefficient (Wildman–Crippen LogP) is 5.59. The Balaban J connectivity index is 0.000000174. The highest BCUT2D eigenvalue weighted by molar-refractivity contribution is 7.96. The molecule has 0 amide bonds. The number of nitrogens with zero attached hydrogens (tertiary/aromatic N) is 1. The van der Waals surface area contributed by atoms with Crippen molar-refractivity contribution in [1.82, 2.24) is 4.98 Å². The standard InChI is InChI=1S/C14H16S.C3H4N2OS/c1-2-6-11(7-3-1)14-13-9-5-4-8-12(13)10-15-14;4-7-3-5-1-2-6-3/h4-5,8-11H,1-3,6-7H2;1-2H,4H2. The Bertz CT molecular complexity index is 688. The topological polar surface area (TPSA) is 52.0 Å². The molecule has 1 aliphatic rings. The van der Waals surface area contributed by atoms with Gasteiger partial charge in [0.1, 0.15) is 6.26 Å². The van der Waals surface area contributed by atoms with E-state index in [1.807, 2.05) is 11.3 Å². The summed E-state index contributed by atoms with van der Waals surface area (Å²) in [5, 5.41) is 10.8. The molecule has 4 rings (SSSR count). The first-order chi connectivity index (χ1) is 10.9. The van der Waals surface area contributed by atoms with E-state index in [1.165, 1.54) is 49.1 Å². The van der Waals surface area contributed by atoms with Crippen LogP contribution in [-0.2, 0) is 0 Å². The second-order valence-corrected chi connectivity index (χ2v) is 6.93. The number of benzene rings is 1. The quantitative estimate of drug-likeness (QED) is 0.622. The SMILES string of the molecule is NSc1ncco1.c1ccc2c(C3CCCCC3)scc2c1. The predicted molar refractivity (Wildman–Crippen MR) is 94.2 cm³/mol. The van der Waals surface area contributed by atoms with E-state index in [2.05, 4.69) is 34.6 Å². The molecule has 0 unspecified atom stereocenters. The normalized spacial score (nSPS) is 15.5. The fourth-order valence-corrected chi connectivity index (χ4v) is 4.40. The molecule has 1 aliphatic carbocycles. The highest BCUT2D eigenvalue weighted by atomic mass is 32.2. The third kappa shape index (κ3) is 3.72. The van der Waals surface area contributed by atoms with Gasteiger partial charge in [0.05, 0.1) is 6.20 Å². The highest BCUT2D eigenvalue weighted by Crippen LogP contribution is 2.39. The molecule has 0 atom stereocenters. The van der Waals surface area contributed by atoms with E-state index in [1.54, 1.807) is 11.1 Å². The fraction of sp³-hybridized carbons (Fsp3) is 0.353. The Hall–Kier alpha value is -1.30. The first kappa shape index (κ1) is 15.6. The second kappa shape index (κ2) is 7.81. The first-order valence-corrected chi connectivity index (χ1v) is 9.37. The van der Waals surface area contributed by atoms with Crippen molar-refractivity contribution in [3.05, 3.63) is 47.0 Å². The van der Waals surface area contributed by atoms with Gasteiger partial charge in [0.25, 0.3) is 5.22 Å². The average molecular weight is 332 g/mol. The summed E-state index contributed by atoms with van der Waals surface area (Å²) in [6.45, 7) is 0.